The Hall–Kier alpha value is -2.70. The standard InChI is InChI=1S/C20H25N5O2/c1-2-17-23-18(27-24-17)10-5-11-19(26)25-12-6-7-14(13-25)20-21-15-8-3-4-9-16(15)22-20/h3-4,8-9,14H,2,5-7,10-13H2,1H3,(H,21,22). The number of rotatable bonds is 6. The molecule has 0 spiro atoms. The minimum absolute atomic E-state index is 0.200. The summed E-state index contributed by atoms with van der Waals surface area (Å²) < 4.78 is 5.19. The van der Waals surface area contributed by atoms with Crippen LogP contribution in [0, 0.1) is 0 Å². The van der Waals surface area contributed by atoms with Crippen LogP contribution >= 0.6 is 0 Å². The van der Waals surface area contributed by atoms with Gasteiger partial charge in [0, 0.05) is 38.3 Å². The van der Waals surface area contributed by atoms with Crippen molar-refractivity contribution in [1.29, 1.82) is 0 Å². The van der Waals surface area contributed by atoms with Gasteiger partial charge in [-0.3, -0.25) is 4.79 Å². The number of aromatic nitrogens is 4. The highest BCUT2D eigenvalue weighted by molar-refractivity contribution is 5.77. The molecule has 7 heteroatoms. The number of nitrogens with zero attached hydrogens (tertiary/aromatic N) is 4. The summed E-state index contributed by atoms with van der Waals surface area (Å²) in [6.07, 6.45) is 4.73. The predicted molar refractivity (Wildman–Crippen MR) is 101 cm³/mol. The van der Waals surface area contributed by atoms with Crippen molar-refractivity contribution in [2.45, 2.75) is 51.4 Å². The molecule has 7 nitrogen and oxygen atoms in total. The topological polar surface area (TPSA) is 87.9 Å². The van der Waals surface area contributed by atoms with Gasteiger partial charge in [0.15, 0.2) is 5.82 Å². The molecule has 0 bridgehead atoms. The molecule has 1 atom stereocenters. The zero-order valence-corrected chi connectivity index (χ0v) is 15.6. The number of hydrogen-bond donors (Lipinski definition) is 1. The van der Waals surface area contributed by atoms with E-state index in [9.17, 15) is 4.79 Å². The fourth-order valence-corrected chi connectivity index (χ4v) is 3.68. The summed E-state index contributed by atoms with van der Waals surface area (Å²) in [6.45, 7) is 3.56. The number of nitrogens with one attached hydrogen (secondary N) is 1. The van der Waals surface area contributed by atoms with Crippen LogP contribution in [0.2, 0.25) is 0 Å². The SMILES string of the molecule is CCc1noc(CCCC(=O)N2CCCC(c3nc4ccccc4[nH]3)C2)n1. The second-order valence-electron chi connectivity index (χ2n) is 7.13. The summed E-state index contributed by atoms with van der Waals surface area (Å²) in [4.78, 5) is 27.0. The van der Waals surface area contributed by atoms with Crippen LogP contribution in [0.25, 0.3) is 11.0 Å². The highest BCUT2D eigenvalue weighted by Crippen LogP contribution is 2.27. The summed E-state index contributed by atoms with van der Waals surface area (Å²) in [6, 6.07) is 8.06. The summed E-state index contributed by atoms with van der Waals surface area (Å²) in [5.74, 6) is 2.82. The molecule has 1 unspecified atom stereocenters. The molecule has 1 fully saturated rings. The highest BCUT2D eigenvalue weighted by Gasteiger charge is 2.26. The Kier molecular flexibility index (Phi) is 5.18. The summed E-state index contributed by atoms with van der Waals surface area (Å²) in [5, 5.41) is 3.89. The first kappa shape index (κ1) is 17.7. The third-order valence-electron chi connectivity index (χ3n) is 5.18. The van der Waals surface area contributed by atoms with Crippen LogP contribution in [0.4, 0.5) is 0 Å². The van der Waals surface area contributed by atoms with Gasteiger partial charge in [-0.25, -0.2) is 4.98 Å². The van der Waals surface area contributed by atoms with Gasteiger partial charge in [0.1, 0.15) is 5.82 Å². The molecule has 0 aliphatic carbocycles. The third-order valence-corrected chi connectivity index (χ3v) is 5.18. The minimum Gasteiger partial charge on any atom is -0.342 e. The van der Waals surface area contributed by atoms with E-state index < -0.39 is 0 Å². The van der Waals surface area contributed by atoms with Crippen molar-refractivity contribution in [3.63, 3.8) is 0 Å². The lowest BCUT2D eigenvalue weighted by molar-refractivity contribution is -0.132. The second-order valence-corrected chi connectivity index (χ2v) is 7.13. The average molecular weight is 367 g/mol. The van der Waals surface area contributed by atoms with Crippen molar-refractivity contribution in [3.8, 4) is 0 Å². The Morgan fingerprint density at radius 2 is 2.22 bits per heavy atom. The number of aryl methyl sites for hydroxylation is 2. The fraction of sp³-hybridized carbons (Fsp3) is 0.500. The molecule has 3 aromatic rings. The fourth-order valence-electron chi connectivity index (χ4n) is 3.68. The Labute approximate surface area is 158 Å². The van der Waals surface area contributed by atoms with Crippen molar-refractivity contribution in [3.05, 3.63) is 41.8 Å². The van der Waals surface area contributed by atoms with Crippen molar-refractivity contribution in [2.75, 3.05) is 13.1 Å². The number of benzene rings is 1. The van der Waals surface area contributed by atoms with Gasteiger partial charge < -0.3 is 14.4 Å². The maximum absolute atomic E-state index is 12.6. The normalized spacial score (nSPS) is 17.5. The number of piperidine rings is 1. The zero-order chi connectivity index (χ0) is 18.6. The van der Waals surface area contributed by atoms with E-state index in [0.29, 0.717) is 18.7 Å². The molecule has 2 aromatic heterocycles. The molecule has 1 amide bonds. The minimum atomic E-state index is 0.200. The number of carbonyl (C=O) groups excluding carboxylic acids is 1. The van der Waals surface area contributed by atoms with Gasteiger partial charge >= 0.3 is 0 Å². The molecule has 0 radical (unpaired) electrons. The van der Waals surface area contributed by atoms with Crippen LogP contribution in [-0.2, 0) is 17.6 Å². The monoisotopic (exact) mass is 367 g/mol. The first-order valence-electron chi connectivity index (χ1n) is 9.77. The Bertz CT molecular complexity index is 883. The van der Waals surface area contributed by atoms with Crippen LogP contribution < -0.4 is 0 Å². The van der Waals surface area contributed by atoms with Crippen LogP contribution in [0.5, 0.6) is 0 Å². The van der Waals surface area contributed by atoms with Gasteiger partial charge in [0.05, 0.1) is 11.0 Å². The third kappa shape index (κ3) is 4.02. The molecule has 27 heavy (non-hydrogen) atoms. The number of carbonyl (C=O) groups is 1. The lowest BCUT2D eigenvalue weighted by Crippen LogP contribution is -2.39. The van der Waals surface area contributed by atoms with Crippen molar-refractivity contribution in [1.82, 2.24) is 25.0 Å². The number of hydrogen-bond acceptors (Lipinski definition) is 5. The molecular formula is C20H25N5O2. The van der Waals surface area contributed by atoms with Crippen molar-refractivity contribution < 1.29 is 9.32 Å². The van der Waals surface area contributed by atoms with E-state index >= 15 is 0 Å². The van der Waals surface area contributed by atoms with E-state index in [1.165, 1.54) is 0 Å². The number of amides is 1. The number of H-pyrrole nitrogens is 1. The molecule has 0 saturated carbocycles. The highest BCUT2D eigenvalue weighted by atomic mass is 16.5. The smallest absolute Gasteiger partial charge is 0.226 e. The van der Waals surface area contributed by atoms with E-state index in [-0.39, 0.29) is 11.8 Å². The predicted octanol–water partition coefficient (Wildman–Crippen LogP) is 3.24. The Balaban J connectivity index is 1.32. The van der Waals surface area contributed by atoms with Gasteiger partial charge in [-0.15, -0.1) is 0 Å². The lowest BCUT2D eigenvalue weighted by Gasteiger charge is -2.32. The van der Waals surface area contributed by atoms with Crippen LogP contribution in [0.3, 0.4) is 0 Å². The second kappa shape index (κ2) is 7.90. The maximum atomic E-state index is 12.6. The van der Waals surface area contributed by atoms with E-state index in [2.05, 4.69) is 15.1 Å². The van der Waals surface area contributed by atoms with Crippen molar-refractivity contribution >= 4 is 16.9 Å². The van der Waals surface area contributed by atoms with Crippen LogP contribution in [-0.4, -0.2) is 44.0 Å². The van der Waals surface area contributed by atoms with E-state index in [4.69, 9.17) is 9.51 Å². The summed E-state index contributed by atoms with van der Waals surface area (Å²) in [5.41, 5.74) is 2.05. The molecule has 3 heterocycles. The Morgan fingerprint density at radius 1 is 1.33 bits per heavy atom. The van der Waals surface area contributed by atoms with Gasteiger partial charge in [-0.2, -0.15) is 4.98 Å². The number of aromatic amines is 1. The van der Waals surface area contributed by atoms with Crippen molar-refractivity contribution in [2.24, 2.45) is 0 Å². The van der Waals surface area contributed by atoms with E-state index in [1.54, 1.807) is 0 Å². The average Bonchev–Trinajstić information content (AvgIpc) is 3.34. The van der Waals surface area contributed by atoms with E-state index in [0.717, 1.165) is 61.5 Å². The van der Waals surface area contributed by atoms with Crippen LogP contribution in [0.1, 0.15) is 56.1 Å². The Morgan fingerprint density at radius 3 is 3.04 bits per heavy atom. The molecule has 1 aromatic carbocycles. The first-order valence-corrected chi connectivity index (χ1v) is 9.77. The summed E-state index contributed by atoms with van der Waals surface area (Å²) >= 11 is 0. The van der Waals surface area contributed by atoms with Gasteiger partial charge in [0.2, 0.25) is 11.8 Å². The molecule has 1 aliphatic heterocycles. The lowest BCUT2D eigenvalue weighted by atomic mass is 9.97. The molecule has 1 aliphatic rings. The van der Waals surface area contributed by atoms with E-state index in [1.807, 2.05) is 36.1 Å². The van der Waals surface area contributed by atoms with Gasteiger partial charge in [-0.05, 0) is 31.4 Å². The maximum Gasteiger partial charge on any atom is 0.226 e. The number of imidazole rings is 1. The molecule has 4 rings (SSSR count). The quantitative estimate of drug-likeness (QED) is 0.722. The molecule has 1 N–H and O–H groups in total. The van der Waals surface area contributed by atoms with Crippen LogP contribution in [0.15, 0.2) is 28.8 Å². The summed E-state index contributed by atoms with van der Waals surface area (Å²) in [7, 11) is 0. The number of likely N-dealkylation sites (tertiary alicyclic amines) is 1. The first-order chi connectivity index (χ1) is 13.2. The number of fused-ring (bicyclic) bond motifs is 1. The largest absolute Gasteiger partial charge is 0.342 e. The van der Waals surface area contributed by atoms with Gasteiger partial charge in [-0.1, -0.05) is 24.2 Å². The molecule has 1 saturated heterocycles. The zero-order valence-electron chi connectivity index (χ0n) is 15.6. The molecular weight excluding hydrogens is 342 g/mol. The molecule has 142 valence electrons. The van der Waals surface area contributed by atoms with Gasteiger partial charge in [0.25, 0.3) is 0 Å². The number of para-hydroxylation sites is 2.